The van der Waals surface area contributed by atoms with Crippen LogP contribution in [-0.4, -0.2) is 60.9 Å². The number of esters is 3. The quantitative estimate of drug-likeness (QED) is 0.0351. The first-order valence-corrected chi connectivity index (χ1v) is 17.5. The van der Waals surface area contributed by atoms with Crippen molar-refractivity contribution in [1.82, 2.24) is 0 Å². The van der Waals surface area contributed by atoms with Crippen molar-refractivity contribution in [2.45, 2.75) is 175 Å². The van der Waals surface area contributed by atoms with Crippen LogP contribution in [-0.2, 0) is 42.9 Å². The van der Waals surface area contributed by atoms with Gasteiger partial charge in [0.2, 0.25) is 5.60 Å². The summed E-state index contributed by atoms with van der Waals surface area (Å²) >= 11 is 0. The Labute approximate surface area is 272 Å². The average Bonchev–Trinajstić information content (AvgIpc) is 3.00. The summed E-state index contributed by atoms with van der Waals surface area (Å²) in [6.45, 7) is 8.90. The molecule has 0 rings (SSSR count). The molecule has 0 bridgehead atoms. The van der Waals surface area contributed by atoms with Crippen LogP contribution in [0.25, 0.3) is 0 Å². The van der Waals surface area contributed by atoms with Gasteiger partial charge in [0, 0.05) is 6.42 Å². The Balaban J connectivity index is 0. The number of carboxylic acids is 1. The summed E-state index contributed by atoms with van der Waals surface area (Å²) in [7, 11) is 0. The highest BCUT2D eigenvalue weighted by molar-refractivity contribution is 5.91. The van der Waals surface area contributed by atoms with Crippen LogP contribution in [0.2, 0.25) is 0 Å². The second-order valence-corrected chi connectivity index (χ2v) is 11.6. The number of carboxylic acid groups (broad SMARTS) is 1. The maximum atomic E-state index is 13.1. The molecule has 0 unspecified atom stereocenters. The highest BCUT2D eigenvalue weighted by Gasteiger charge is 2.47. The van der Waals surface area contributed by atoms with Crippen LogP contribution in [0.4, 0.5) is 0 Å². The lowest BCUT2D eigenvalue weighted by Gasteiger charge is -2.28. The fraction of sp³-hybridized carbons (Fsp3) is 0.857. The normalized spacial score (nSPS) is 10.8. The zero-order valence-corrected chi connectivity index (χ0v) is 28.9. The minimum Gasteiger partial charge on any atom is -0.481 e. The lowest BCUT2D eigenvalue weighted by Crippen LogP contribution is -2.47. The van der Waals surface area contributed by atoms with Gasteiger partial charge in [-0.25, -0.2) is 4.79 Å². The van der Waals surface area contributed by atoms with E-state index in [1.54, 1.807) is 0 Å². The first-order chi connectivity index (χ1) is 21.7. The molecule has 0 heterocycles. The number of aliphatic carboxylic acids is 1. The molecule has 0 aromatic heterocycles. The molecular formula is C35H64O10. The van der Waals surface area contributed by atoms with Gasteiger partial charge in [-0.2, -0.15) is 0 Å². The van der Waals surface area contributed by atoms with Gasteiger partial charge < -0.3 is 24.1 Å². The van der Waals surface area contributed by atoms with Crippen molar-refractivity contribution in [3.05, 3.63) is 0 Å². The number of hydrogen-bond donors (Lipinski definition) is 1. The number of unbranched alkanes of at least 4 members (excludes halogenated alkanes) is 15. The van der Waals surface area contributed by atoms with E-state index < -0.39 is 42.3 Å². The largest absolute Gasteiger partial charge is 0.481 e. The molecule has 0 saturated heterocycles. The monoisotopic (exact) mass is 644 g/mol. The lowest BCUT2D eigenvalue weighted by atomic mass is 9.95. The van der Waals surface area contributed by atoms with E-state index in [1.165, 1.54) is 12.8 Å². The molecule has 264 valence electrons. The van der Waals surface area contributed by atoms with Crippen LogP contribution in [0.1, 0.15) is 169 Å². The Kier molecular flexibility index (Phi) is 32.4. The summed E-state index contributed by atoms with van der Waals surface area (Å²) < 4.78 is 21.1. The van der Waals surface area contributed by atoms with Crippen LogP contribution < -0.4 is 0 Å². The molecule has 0 spiro atoms. The van der Waals surface area contributed by atoms with E-state index in [0.29, 0.717) is 25.7 Å². The van der Waals surface area contributed by atoms with Gasteiger partial charge in [-0.3, -0.25) is 19.2 Å². The molecular weight excluding hydrogens is 580 g/mol. The second-order valence-electron chi connectivity index (χ2n) is 11.6. The van der Waals surface area contributed by atoms with Crippen LogP contribution in [0.3, 0.4) is 0 Å². The van der Waals surface area contributed by atoms with Crippen molar-refractivity contribution in [3.8, 4) is 0 Å². The molecule has 0 saturated carbocycles. The summed E-state index contributed by atoms with van der Waals surface area (Å²) in [4.78, 5) is 59.4. The van der Waals surface area contributed by atoms with Crippen molar-refractivity contribution in [3.63, 3.8) is 0 Å². The number of carbonyl (C=O) groups excluding carboxylic acids is 4. The van der Waals surface area contributed by atoms with Crippen molar-refractivity contribution in [2.75, 3.05) is 19.8 Å². The molecule has 0 atom stereocenters. The third-order valence-electron chi connectivity index (χ3n) is 7.22. The van der Waals surface area contributed by atoms with E-state index in [2.05, 4.69) is 20.8 Å². The summed E-state index contributed by atoms with van der Waals surface area (Å²) in [6.07, 6.45) is 18.2. The number of ether oxygens (including phenoxy) is 4. The maximum absolute atomic E-state index is 13.1. The minimum atomic E-state index is -2.10. The SMILES string of the molecule is CCCC(=O)O.CCCCCCCCOC(=O)CC(CC(=O)OCCCCCCCC)(OC=O)C(=O)OCCCCCCCC. The lowest BCUT2D eigenvalue weighted by molar-refractivity contribution is -0.185. The van der Waals surface area contributed by atoms with Gasteiger partial charge in [0.15, 0.2) is 0 Å². The molecule has 45 heavy (non-hydrogen) atoms. The van der Waals surface area contributed by atoms with Gasteiger partial charge in [-0.1, -0.05) is 124 Å². The van der Waals surface area contributed by atoms with Crippen molar-refractivity contribution in [2.24, 2.45) is 0 Å². The van der Waals surface area contributed by atoms with Crippen LogP contribution >= 0.6 is 0 Å². The highest BCUT2D eigenvalue weighted by atomic mass is 16.6. The summed E-state index contributed by atoms with van der Waals surface area (Å²) in [5, 5.41) is 7.91. The van der Waals surface area contributed by atoms with E-state index in [0.717, 1.165) is 89.9 Å². The topological polar surface area (TPSA) is 142 Å². The average molecular weight is 645 g/mol. The maximum Gasteiger partial charge on any atom is 0.351 e. The molecule has 10 heteroatoms. The van der Waals surface area contributed by atoms with Gasteiger partial charge in [-0.05, 0) is 25.7 Å². The Hall–Kier alpha value is -2.65. The molecule has 0 amide bonds. The molecule has 0 radical (unpaired) electrons. The van der Waals surface area contributed by atoms with E-state index in [9.17, 15) is 24.0 Å². The number of carbonyl (C=O) groups is 5. The third-order valence-corrected chi connectivity index (χ3v) is 7.22. The third kappa shape index (κ3) is 28.6. The van der Waals surface area contributed by atoms with Crippen molar-refractivity contribution < 1.29 is 48.0 Å². The van der Waals surface area contributed by atoms with Gasteiger partial charge >= 0.3 is 23.9 Å². The van der Waals surface area contributed by atoms with E-state index in [1.807, 2.05) is 6.92 Å². The van der Waals surface area contributed by atoms with E-state index in [4.69, 9.17) is 24.1 Å². The molecule has 1 N–H and O–H groups in total. The number of hydrogen-bond acceptors (Lipinski definition) is 9. The molecule has 0 aliphatic rings. The van der Waals surface area contributed by atoms with Crippen LogP contribution in [0, 0.1) is 0 Å². The Bertz CT molecular complexity index is 721. The van der Waals surface area contributed by atoms with Crippen molar-refractivity contribution in [1.29, 1.82) is 0 Å². The molecule has 0 aromatic rings. The van der Waals surface area contributed by atoms with E-state index in [-0.39, 0.29) is 26.3 Å². The standard InChI is InChI=1S/C31H56O8.C4H8O2/c1-4-7-10-13-16-19-22-36-28(33)25-31(39-27-32,30(35)38-24-21-18-15-12-9-6-3)26-29(34)37-23-20-17-14-11-8-5-2;1-2-3-4(5)6/h27H,4-26H2,1-3H3;2-3H2,1H3,(H,5,6). The van der Waals surface area contributed by atoms with Gasteiger partial charge in [0.25, 0.3) is 6.47 Å². The summed E-state index contributed by atoms with van der Waals surface area (Å²) in [5.41, 5.74) is -2.10. The zero-order valence-electron chi connectivity index (χ0n) is 28.9. The van der Waals surface area contributed by atoms with Crippen LogP contribution in [0.15, 0.2) is 0 Å². The first kappa shape index (κ1) is 44.5. The molecule has 0 aliphatic heterocycles. The highest BCUT2D eigenvalue weighted by Crippen LogP contribution is 2.25. The molecule has 0 aromatic carbocycles. The van der Waals surface area contributed by atoms with Gasteiger partial charge in [-0.15, -0.1) is 0 Å². The van der Waals surface area contributed by atoms with Crippen LogP contribution in [0.5, 0.6) is 0 Å². The van der Waals surface area contributed by atoms with Crippen molar-refractivity contribution >= 4 is 30.3 Å². The first-order valence-electron chi connectivity index (χ1n) is 17.5. The zero-order chi connectivity index (χ0) is 34.0. The minimum absolute atomic E-state index is 0.0774. The molecule has 0 fully saturated rings. The predicted octanol–water partition coefficient (Wildman–Crippen LogP) is 8.26. The second kappa shape index (κ2) is 32.7. The van der Waals surface area contributed by atoms with E-state index >= 15 is 0 Å². The Morgan fingerprint density at radius 3 is 1.20 bits per heavy atom. The molecule has 0 aliphatic carbocycles. The summed E-state index contributed by atoms with van der Waals surface area (Å²) in [5.74, 6) is -3.06. The Morgan fingerprint density at radius 2 is 0.889 bits per heavy atom. The van der Waals surface area contributed by atoms with Gasteiger partial charge in [0.1, 0.15) is 0 Å². The smallest absolute Gasteiger partial charge is 0.351 e. The summed E-state index contributed by atoms with van der Waals surface area (Å²) in [6, 6.07) is 0. The molecule has 10 nitrogen and oxygen atoms in total. The number of rotatable bonds is 30. The fourth-order valence-corrected chi connectivity index (χ4v) is 4.53. The Morgan fingerprint density at radius 1 is 0.533 bits per heavy atom. The fourth-order valence-electron chi connectivity index (χ4n) is 4.53. The van der Waals surface area contributed by atoms with Gasteiger partial charge in [0.05, 0.1) is 32.7 Å². The predicted molar refractivity (Wildman–Crippen MR) is 175 cm³/mol.